The van der Waals surface area contributed by atoms with Gasteiger partial charge in [-0.2, -0.15) is 0 Å². The Labute approximate surface area is 167 Å². The summed E-state index contributed by atoms with van der Waals surface area (Å²) in [5.74, 6) is 1.05. The van der Waals surface area contributed by atoms with Gasteiger partial charge in [0.15, 0.2) is 0 Å². The van der Waals surface area contributed by atoms with Gasteiger partial charge in [-0.15, -0.1) is 0 Å². The summed E-state index contributed by atoms with van der Waals surface area (Å²) in [6, 6.07) is 8.84. The fourth-order valence-electron chi connectivity index (χ4n) is 3.60. The van der Waals surface area contributed by atoms with Crippen molar-refractivity contribution in [1.82, 2.24) is 15.5 Å². The SMILES string of the molecule is CCN(CCNC1=C2C=C(C3=CN=C3)C=CC2N=CN1)Cc1cccc(C)c1. The number of nitrogens with zero attached hydrogens (tertiary/aromatic N) is 3. The predicted octanol–water partition coefficient (Wildman–Crippen LogP) is 3.08. The molecule has 1 aromatic carbocycles. The van der Waals surface area contributed by atoms with E-state index in [4.69, 9.17) is 0 Å². The number of hydrogen-bond donors (Lipinski definition) is 2. The van der Waals surface area contributed by atoms with Crippen LogP contribution in [-0.4, -0.2) is 43.1 Å². The van der Waals surface area contributed by atoms with Crippen molar-refractivity contribution < 1.29 is 0 Å². The third-order valence-electron chi connectivity index (χ3n) is 5.25. The van der Waals surface area contributed by atoms with Crippen molar-refractivity contribution in [3.8, 4) is 0 Å². The summed E-state index contributed by atoms with van der Waals surface area (Å²) >= 11 is 0. The Bertz CT molecular complexity index is 917. The van der Waals surface area contributed by atoms with Crippen molar-refractivity contribution in [3.05, 3.63) is 82.4 Å². The second kappa shape index (κ2) is 8.40. The highest BCUT2D eigenvalue weighted by atomic mass is 15.2. The van der Waals surface area contributed by atoms with Crippen LogP contribution in [0.1, 0.15) is 18.1 Å². The second-order valence-corrected chi connectivity index (χ2v) is 7.30. The quantitative estimate of drug-likeness (QED) is 0.736. The smallest absolute Gasteiger partial charge is 0.110 e. The first-order valence-corrected chi connectivity index (χ1v) is 9.90. The summed E-state index contributed by atoms with van der Waals surface area (Å²) in [6.07, 6.45) is 12.1. The number of nitrogens with one attached hydrogen (secondary N) is 2. The van der Waals surface area contributed by atoms with Gasteiger partial charge >= 0.3 is 0 Å². The predicted molar refractivity (Wildman–Crippen MR) is 116 cm³/mol. The highest BCUT2D eigenvalue weighted by Gasteiger charge is 2.21. The molecule has 0 bridgehead atoms. The monoisotopic (exact) mass is 373 g/mol. The molecule has 3 aliphatic rings. The fourth-order valence-corrected chi connectivity index (χ4v) is 3.60. The summed E-state index contributed by atoms with van der Waals surface area (Å²) in [7, 11) is 0. The molecule has 0 radical (unpaired) electrons. The lowest BCUT2D eigenvalue weighted by Crippen LogP contribution is -2.38. The molecular formula is C23H27N5. The molecule has 0 spiro atoms. The number of likely N-dealkylation sites (N-methyl/N-ethyl adjacent to an activating group) is 1. The zero-order valence-corrected chi connectivity index (χ0v) is 16.5. The number of aliphatic imine (C=N–C) groups is 2. The van der Waals surface area contributed by atoms with Crippen molar-refractivity contribution in [2.75, 3.05) is 19.6 Å². The first-order valence-electron chi connectivity index (χ1n) is 9.90. The van der Waals surface area contributed by atoms with Gasteiger partial charge in [0.2, 0.25) is 0 Å². The van der Waals surface area contributed by atoms with Gasteiger partial charge in [-0.3, -0.25) is 14.9 Å². The summed E-state index contributed by atoms with van der Waals surface area (Å²) in [5, 5.41) is 6.87. The number of rotatable bonds is 8. The average Bonchev–Trinajstić information content (AvgIpc) is 2.66. The van der Waals surface area contributed by atoms with E-state index < -0.39 is 0 Å². The molecule has 2 aliphatic heterocycles. The maximum atomic E-state index is 4.53. The molecule has 5 heteroatoms. The lowest BCUT2D eigenvalue weighted by Gasteiger charge is -2.27. The minimum Gasteiger partial charge on any atom is -0.370 e. The van der Waals surface area contributed by atoms with Crippen molar-refractivity contribution in [2.45, 2.75) is 26.4 Å². The Morgan fingerprint density at radius 1 is 1.25 bits per heavy atom. The topological polar surface area (TPSA) is 52.0 Å². The van der Waals surface area contributed by atoms with Crippen LogP contribution in [0.4, 0.5) is 0 Å². The number of aryl methyl sites for hydroxylation is 1. The molecule has 1 atom stereocenters. The summed E-state index contributed by atoms with van der Waals surface area (Å²) in [4.78, 5) is 11.1. The van der Waals surface area contributed by atoms with E-state index in [0.29, 0.717) is 0 Å². The summed E-state index contributed by atoms with van der Waals surface area (Å²) < 4.78 is 0. The maximum Gasteiger partial charge on any atom is 0.110 e. The molecule has 4 rings (SSSR count). The normalized spacial score (nSPS) is 19.8. The standard InChI is InChI=1S/C23H27N5/c1-3-28(15-18-6-4-5-17(2)11-18)10-9-25-23-21-12-19(20-13-24-14-20)7-8-22(21)26-16-27-23/h4-8,11-14,16,22,25H,3,9-10,15H2,1-2H3,(H,26,27). The van der Waals surface area contributed by atoms with E-state index in [1.165, 1.54) is 27.8 Å². The number of allylic oxidation sites excluding steroid dienone is 3. The van der Waals surface area contributed by atoms with Crippen LogP contribution in [0, 0.1) is 6.92 Å². The van der Waals surface area contributed by atoms with Crippen molar-refractivity contribution in [2.24, 2.45) is 9.98 Å². The number of hydrogen-bond acceptors (Lipinski definition) is 5. The van der Waals surface area contributed by atoms with Crippen LogP contribution in [0.25, 0.3) is 0 Å². The van der Waals surface area contributed by atoms with E-state index in [1.54, 1.807) is 6.34 Å². The maximum absolute atomic E-state index is 4.53. The van der Waals surface area contributed by atoms with Gasteiger partial charge in [-0.1, -0.05) is 48.9 Å². The highest BCUT2D eigenvalue weighted by molar-refractivity contribution is 5.91. The Morgan fingerprint density at radius 3 is 2.89 bits per heavy atom. The van der Waals surface area contributed by atoms with E-state index in [1.807, 2.05) is 12.4 Å². The first kappa shape index (κ1) is 18.4. The van der Waals surface area contributed by atoms with Gasteiger partial charge in [0.25, 0.3) is 0 Å². The summed E-state index contributed by atoms with van der Waals surface area (Å²) in [5.41, 5.74) is 6.23. The molecule has 1 aromatic rings. The Hall–Kier alpha value is -2.92. The van der Waals surface area contributed by atoms with E-state index in [0.717, 1.165) is 32.0 Å². The van der Waals surface area contributed by atoms with Crippen LogP contribution in [-0.2, 0) is 6.54 Å². The minimum absolute atomic E-state index is 0.0830. The van der Waals surface area contributed by atoms with Crippen molar-refractivity contribution >= 4 is 12.6 Å². The van der Waals surface area contributed by atoms with Crippen LogP contribution in [0.5, 0.6) is 0 Å². The van der Waals surface area contributed by atoms with Gasteiger partial charge in [-0.05, 0) is 30.7 Å². The largest absolute Gasteiger partial charge is 0.370 e. The van der Waals surface area contributed by atoms with Gasteiger partial charge < -0.3 is 10.6 Å². The Kier molecular flexibility index (Phi) is 5.53. The zero-order chi connectivity index (χ0) is 19.3. The first-order chi connectivity index (χ1) is 13.7. The Balaban J connectivity index is 1.38. The molecule has 0 saturated carbocycles. The third-order valence-corrected chi connectivity index (χ3v) is 5.25. The molecule has 1 unspecified atom stereocenters. The van der Waals surface area contributed by atoms with Gasteiger partial charge in [0, 0.05) is 43.2 Å². The lowest BCUT2D eigenvalue weighted by molar-refractivity contribution is 0.281. The molecule has 0 fully saturated rings. The Morgan fingerprint density at radius 2 is 2.14 bits per heavy atom. The number of fused-ring (bicyclic) bond motifs is 1. The van der Waals surface area contributed by atoms with Crippen LogP contribution in [0.2, 0.25) is 0 Å². The second-order valence-electron chi connectivity index (χ2n) is 7.30. The molecule has 0 saturated heterocycles. The van der Waals surface area contributed by atoms with Crippen molar-refractivity contribution in [3.63, 3.8) is 0 Å². The fraction of sp³-hybridized carbons (Fsp3) is 0.304. The summed E-state index contributed by atoms with van der Waals surface area (Å²) in [6.45, 7) is 8.22. The number of benzene rings is 1. The molecule has 1 aliphatic carbocycles. The third kappa shape index (κ3) is 4.15. The van der Waals surface area contributed by atoms with Gasteiger partial charge in [-0.25, -0.2) is 0 Å². The average molecular weight is 374 g/mol. The van der Waals surface area contributed by atoms with E-state index in [2.05, 4.69) is 81.9 Å². The molecule has 28 heavy (non-hydrogen) atoms. The van der Waals surface area contributed by atoms with Gasteiger partial charge in [0.05, 0.1) is 12.4 Å². The van der Waals surface area contributed by atoms with E-state index >= 15 is 0 Å². The molecule has 0 aromatic heterocycles. The minimum atomic E-state index is 0.0830. The molecule has 2 heterocycles. The van der Waals surface area contributed by atoms with Crippen molar-refractivity contribution in [1.29, 1.82) is 0 Å². The highest BCUT2D eigenvalue weighted by Crippen LogP contribution is 2.27. The van der Waals surface area contributed by atoms with Crippen LogP contribution in [0.3, 0.4) is 0 Å². The van der Waals surface area contributed by atoms with Crippen LogP contribution < -0.4 is 10.6 Å². The molecule has 5 nitrogen and oxygen atoms in total. The zero-order valence-electron chi connectivity index (χ0n) is 16.5. The lowest BCUT2D eigenvalue weighted by atomic mass is 9.92. The molecular weight excluding hydrogens is 346 g/mol. The van der Waals surface area contributed by atoms with Crippen LogP contribution >= 0.6 is 0 Å². The van der Waals surface area contributed by atoms with Crippen LogP contribution in [0.15, 0.2) is 81.2 Å². The van der Waals surface area contributed by atoms with E-state index in [9.17, 15) is 0 Å². The molecule has 0 amide bonds. The van der Waals surface area contributed by atoms with E-state index in [-0.39, 0.29) is 6.04 Å². The molecule has 2 N–H and O–H groups in total. The molecule has 144 valence electrons. The van der Waals surface area contributed by atoms with Gasteiger partial charge in [0.1, 0.15) is 5.82 Å².